The van der Waals surface area contributed by atoms with Crippen molar-refractivity contribution in [2.45, 2.75) is 4.90 Å². The average Bonchev–Trinajstić information content (AvgIpc) is 3.13. The lowest BCUT2D eigenvalue weighted by Gasteiger charge is -2.07. The van der Waals surface area contributed by atoms with Crippen LogP contribution in [-0.4, -0.2) is 39.8 Å². The first kappa shape index (κ1) is 20.4. The number of nitrogens with zero attached hydrogens (tertiary/aromatic N) is 2. The van der Waals surface area contributed by atoms with Crippen LogP contribution in [0, 0.1) is 0 Å². The van der Waals surface area contributed by atoms with Gasteiger partial charge in [-0.25, -0.2) is 23.2 Å². The third kappa shape index (κ3) is 5.13. The number of aromatic amines is 2. The van der Waals surface area contributed by atoms with Crippen molar-refractivity contribution in [3.05, 3.63) is 62.2 Å². The minimum atomic E-state index is -3.78. The predicted octanol–water partition coefficient (Wildman–Crippen LogP) is 0.842. The number of hydrogen-bond donors (Lipinski definition) is 5. The van der Waals surface area contributed by atoms with Crippen molar-refractivity contribution in [1.82, 2.24) is 15.0 Å². The molecule has 150 valence electrons. The minimum absolute atomic E-state index is 0.0253. The number of rotatable bonds is 5. The van der Waals surface area contributed by atoms with Crippen molar-refractivity contribution >= 4 is 55.7 Å². The Labute approximate surface area is 172 Å². The van der Waals surface area contributed by atoms with Gasteiger partial charge in [0.05, 0.1) is 4.90 Å². The van der Waals surface area contributed by atoms with E-state index in [1.54, 1.807) is 5.38 Å². The summed E-state index contributed by atoms with van der Waals surface area (Å²) in [5.41, 5.74) is -1.52. The Morgan fingerprint density at radius 1 is 1.24 bits per heavy atom. The molecule has 14 heteroatoms. The zero-order valence-corrected chi connectivity index (χ0v) is 16.7. The van der Waals surface area contributed by atoms with Crippen LogP contribution in [0.2, 0.25) is 0 Å². The Morgan fingerprint density at radius 3 is 2.59 bits per heavy atom. The van der Waals surface area contributed by atoms with Gasteiger partial charge in [-0.3, -0.25) is 19.5 Å². The van der Waals surface area contributed by atoms with Gasteiger partial charge < -0.3 is 10.4 Å². The zero-order valence-electron chi connectivity index (χ0n) is 14.2. The lowest BCUT2D eigenvalue weighted by atomic mass is 10.3. The van der Waals surface area contributed by atoms with E-state index >= 15 is 0 Å². The minimum Gasteiger partial charge on any atom is -0.494 e. The summed E-state index contributed by atoms with van der Waals surface area (Å²) in [7, 11) is -3.78. The molecular formula is C15H12N6O5S3. The zero-order chi connectivity index (χ0) is 21.0. The number of aromatic hydroxyl groups is 1. The summed E-state index contributed by atoms with van der Waals surface area (Å²) in [6.45, 7) is 0. The van der Waals surface area contributed by atoms with Gasteiger partial charge in [0.2, 0.25) is 5.88 Å². The smallest absolute Gasteiger partial charge is 0.328 e. The van der Waals surface area contributed by atoms with Crippen LogP contribution >= 0.6 is 23.6 Å². The van der Waals surface area contributed by atoms with Gasteiger partial charge in [0.1, 0.15) is 5.56 Å². The number of sulfonamides is 1. The summed E-state index contributed by atoms with van der Waals surface area (Å²) in [6, 6.07) is 5.68. The van der Waals surface area contributed by atoms with E-state index in [1.807, 2.05) is 9.97 Å². The van der Waals surface area contributed by atoms with E-state index in [1.165, 1.54) is 30.5 Å². The van der Waals surface area contributed by atoms with Gasteiger partial charge in [0, 0.05) is 23.5 Å². The molecule has 0 aliphatic carbocycles. The van der Waals surface area contributed by atoms with Crippen LogP contribution in [0.15, 0.2) is 55.3 Å². The highest BCUT2D eigenvalue weighted by Gasteiger charge is 2.15. The van der Waals surface area contributed by atoms with Crippen LogP contribution in [0.3, 0.4) is 0 Å². The molecule has 0 aliphatic rings. The van der Waals surface area contributed by atoms with Crippen LogP contribution in [-0.2, 0) is 10.0 Å². The Kier molecular flexibility index (Phi) is 5.86. The maximum atomic E-state index is 12.3. The van der Waals surface area contributed by atoms with Crippen LogP contribution in [0.1, 0.15) is 5.56 Å². The number of anilines is 2. The molecule has 0 radical (unpaired) electrons. The quantitative estimate of drug-likeness (QED) is 0.280. The van der Waals surface area contributed by atoms with Gasteiger partial charge in [-0.15, -0.1) is 11.3 Å². The number of benzene rings is 1. The van der Waals surface area contributed by atoms with Crippen molar-refractivity contribution < 1.29 is 13.5 Å². The number of aliphatic imine (C=N–C) groups is 1. The van der Waals surface area contributed by atoms with E-state index in [0.29, 0.717) is 5.69 Å². The monoisotopic (exact) mass is 452 g/mol. The topological polar surface area (TPSA) is 169 Å². The number of thiazole rings is 1. The Morgan fingerprint density at radius 2 is 1.97 bits per heavy atom. The number of aromatic nitrogens is 3. The molecule has 2 heterocycles. The highest BCUT2D eigenvalue weighted by Crippen LogP contribution is 2.19. The second-order valence-electron chi connectivity index (χ2n) is 5.33. The van der Waals surface area contributed by atoms with Crippen LogP contribution in [0.5, 0.6) is 5.88 Å². The summed E-state index contributed by atoms with van der Waals surface area (Å²) < 4.78 is 26.9. The number of H-pyrrole nitrogens is 2. The van der Waals surface area contributed by atoms with E-state index in [0.717, 1.165) is 17.6 Å². The molecule has 0 unspecified atom stereocenters. The largest absolute Gasteiger partial charge is 0.494 e. The maximum absolute atomic E-state index is 12.3. The average molecular weight is 452 g/mol. The van der Waals surface area contributed by atoms with E-state index in [2.05, 4.69) is 20.0 Å². The summed E-state index contributed by atoms with van der Waals surface area (Å²) >= 11 is 6.17. The third-order valence-electron chi connectivity index (χ3n) is 3.34. The lowest BCUT2D eigenvalue weighted by Crippen LogP contribution is -2.25. The van der Waals surface area contributed by atoms with E-state index in [-0.39, 0.29) is 20.7 Å². The van der Waals surface area contributed by atoms with E-state index in [9.17, 15) is 23.1 Å². The van der Waals surface area contributed by atoms with Crippen LogP contribution < -0.4 is 21.3 Å². The first-order valence-electron chi connectivity index (χ1n) is 7.67. The third-order valence-corrected chi connectivity index (χ3v) is 5.72. The Hall–Kier alpha value is -3.36. The van der Waals surface area contributed by atoms with Crippen molar-refractivity contribution in [2.75, 3.05) is 10.0 Å². The second-order valence-corrected chi connectivity index (χ2v) is 8.29. The fourth-order valence-electron chi connectivity index (χ4n) is 2.05. The molecule has 0 fully saturated rings. The van der Waals surface area contributed by atoms with E-state index < -0.39 is 27.2 Å². The standard InChI is InChI=1S/C15H12N6O5S3/c22-11-10(12(23)20-13(24)19-11)7-17-14(27)18-8-1-3-9(4-2-8)29(25,26)21-15-16-5-6-28-15/h1-7H,(H,16,21)(H,18,27)(H3,19,20,22,23,24). The first-order valence-corrected chi connectivity index (χ1v) is 10.4. The van der Waals surface area contributed by atoms with Gasteiger partial charge in [-0.2, -0.15) is 0 Å². The van der Waals surface area contributed by atoms with Gasteiger partial charge in [0.15, 0.2) is 10.2 Å². The van der Waals surface area contributed by atoms with E-state index in [4.69, 9.17) is 12.2 Å². The first-order chi connectivity index (χ1) is 13.7. The Bertz CT molecular complexity index is 1280. The molecule has 3 aromatic rings. The molecular weight excluding hydrogens is 440 g/mol. The molecule has 5 N–H and O–H groups in total. The summed E-state index contributed by atoms with van der Waals surface area (Å²) in [6.07, 6.45) is 2.47. The number of nitrogens with one attached hydrogen (secondary N) is 4. The molecule has 0 saturated heterocycles. The summed E-state index contributed by atoms with van der Waals surface area (Å²) in [4.78, 5) is 34.3. The van der Waals surface area contributed by atoms with Gasteiger partial charge in [-0.05, 0) is 36.5 Å². The fourth-order valence-corrected chi connectivity index (χ4v) is 4.01. The molecule has 0 bridgehead atoms. The number of hydrogen-bond acceptors (Lipinski definition) is 8. The van der Waals surface area contributed by atoms with Crippen LogP contribution in [0.4, 0.5) is 10.8 Å². The molecule has 3 rings (SSSR count). The molecule has 1 aromatic carbocycles. The predicted molar refractivity (Wildman–Crippen MR) is 113 cm³/mol. The van der Waals surface area contributed by atoms with Crippen molar-refractivity contribution in [3.63, 3.8) is 0 Å². The van der Waals surface area contributed by atoms with Gasteiger partial charge in [-0.1, -0.05) is 0 Å². The second kappa shape index (κ2) is 8.34. The fraction of sp³-hybridized carbons (Fsp3) is 0. The van der Waals surface area contributed by atoms with Crippen LogP contribution in [0.25, 0.3) is 0 Å². The molecule has 11 nitrogen and oxygen atoms in total. The molecule has 0 amide bonds. The van der Waals surface area contributed by atoms with Gasteiger partial charge in [0.25, 0.3) is 15.6 Å². The van der Waals surface area contributed by atoms with Crippen molar-refractivity contribution in [2.24, 2.45) is 4.99 Å². The van der Waals surface area contributed by atoms with Gasteiger partial charge >= 0.3 is 5.69 Å². The molecule has 0 spiro atoms. The molecule has 29 heavy (non-hydrogen) atoms. The molecule has 0 aliphatic heterocycles. The van der Waals surface area contributed by atoms with Crippen molar-refractivity contribution in [1.29, 1.82) is 0 Å². The maximum Gasteiger partial charge on any atom is 0.328 e. The lowest BCUT2D eigenvalue weighted by molar-refractivity contribution is 0.447. The Balaban J connectivity index is 1.69. The summed E-state index contributed by atoms with van der Waals surface area (Å²) in [5.74, 6) is -0.646. The summed E-state index contributed by atoms with van der Waals surface area (Å²) in [5, 5.41) is 14.1. The molecule has 2 aromatic heterocycles. The highest BCUT2D eigenvalue weighted by atomic mass is 32.2. The molecule has 0 saturated carbocycles. The highest BCUT2D eigenvalue weighted by molar-refractivity contribution is 7.93. The van der Waals surface area contributed by atoms with Crippen molar-refractivity contribution in [3.8, 4) is 5.88 Å². The SMILES string of the molecule is O=c1[nH]c(O)c(C=NC(=S)Nc2ccc(S(=O)(=O)Nc3nccs3)cc2)c(=O)[nH]1. The molecule has 0 atom stereocenters. The normalized spacial score (nSPS) is 11.4. The number of thiocarbonyl (C=S) groups is 1.